The highest BCUT2D eigenvalue weighted by Gasteiger charge is 2.63. The number of hydrogen-bond donors (Lipinski definition) is 2. The number of amides is 2. The lowest BCUT2D eigenvalue weighted by atomic mass is 9.73. The van der Waals surface area contributed by atoms with Crippen LogP contribution in [-0.4, -0.2) is 40.8 Å². The number of imide groups is 1. The lowest BCUT2D eigenvalue weighted by molar-refractivity contribution is -0.139. The van der Waals surface area contributed by atoms with Gasteiger partial charge in [0.05, 0.1) is 5.56 Å². The molecular weight excluding hydrogens is 389 g/mol. The van der Waals surface area contributed by atoms with Gasteiger partial charge in [0.1, 0.15) is 17.6 Å². The van der Waals surface area contributed by atoms with E-state index in [4.69, 9.17) is 0 Å². The summed E-state index contributed by atoms with van der Waals surface area (Å²) >= 11 is 0. The van der Waals surface area contributed by atoms with Crippen molar-refractivity contribution in [2.45, 2.75) is 17.8 Å². The molecule has 1 fully saturated rings. The van der Waals surface area contributed by atoms with Crippen molar-refractivity contribution in [3.63, 3.8) is 0 Å². The number of Topliss-reactive ketones (excluding diaryl/α,β-unsaturated/α-hetero) is 1. The molecule has 0 aromatic heterocycles. The second-order valence-corrected chi connectivity index (χ2v) is 7.04. The maximum atomic E-state index is 13.4. The number of para-hydroxylation sites is 1. The largest absolute Gasteiger partial charge is 0.416 e. The Morgan fingerprint density at radius 1 is 1.00 bits per heavy atom. The highest BCUT2D eigenvalue weighted by Crippen LogP contribution is 2.48. The van der Waals surface area contributed by atoms with E-state index in [2.05, 4.69) is 5.32 Å². The molecule has 2 amide bonds. The molecule has 2 aliphatic rings. The standard InChI is InChI=1S/C20H15F3N2O4/c1-25-17(28)14(15(26)18(25)29)19(10-6-8-11(9-7-10)20(21,22)23)16(27)12-4-2-3-5-13(12)24-19/h2-9,14-15,24,26H,1H3. The number of ketones is 1. The van der Waals surface area contributed by atoms with Crippen LogP contribution in [-0.2, 0) is 21.3 Å². The lowest BCUT2D eigenvalue weighted by Crippen LogP contribution is -2.52. The number of hydrogen-bond acceptors (Lipinski definition) is 5. The number of rotatable bonds is 2. The van der Waals surface area contributed by atoms with Crippen LogP contribution in [0.25, 0.3) is 0 Å². The molecule has 29 heavy (non-hydrogen) atoms. The van der Waals surface area contributed by atoms with Gasteiger partial charge in [-0.1, -0.05) is 24.3 Å². The summed E-state index contributed by atoms with van der Waals surface area (Å²) in [5.41, 5.74) is -2.21. The average Bonchev–Trinajstić information content (AvgIpc) is 3.09. The van der Waals surface area contributed by atoms with Gasteiger partial charge in [-0.15, -0.1) is 0 Å². The molecule has 0 spiro atoms. The molecule has 0 bridgehead atoms. The molecule has 1 saturated heterocycles. The van der Waals surface area contributed by atoms with Gasteiger partial charge in [0.2, 0.25) is 5.91 Å². The summed E-state index contributed by atoms with van der Waals surface area (Å²) in [5.74, 6) is -3.81. The summed E-state index contributed by atoms with van der Waals surface area (Å²) in [7, 11) is 1.18. The van der Waals surface area contributed by atoms with E-state index in [9.17, 15) is 32.7 Å². The normalized spacial score (nSPS) is 26.7. The Bertz CT molecular complexity index is 1030. The fraction of sp³-hybridized carbons (Fsp3) is 0.250. The van der Waals surface area contributed by atoms with E-state index in [0.717, 1.165) is 29.2 Å². The minimum Gasteiger partial charge on any atom is -0.382 e. The number of likely N-dealkylation sites (N-methyl/N-ethyl adjacent to an activating group) is 1. The first kappa shape index (κ1) is 19.1. The molecule has 6 nitrogen and oxygen atoms in total. The molecule has 150 valence electrons. The average molecular weight is 404 g/mol. The summed E-state index contributed by atoms with van der Waals surface area (Å²) in [6.07, 6.45) is -6.40. The number of carbonyl (C=O) groups excluding carboxylic acids is 3. The maximum absolute atomic E-state index is 13.4. The molecular formula is C20H15F3N2O4. The molecule has 0 saturated carbocycles. The van der Waals surface area contributed by atoms with Crippen molar-refractivity contribution in [1.82, 2.24) is 4.90 Å². The fourth-order valence-corrected chi connectivity index (χ4v) is 4.01. The topological polar surface area (TPSA) is 86.7 Å². The summed E-state index contributed by atoms with van der Waals surface area (Å²) in [6, 6.07) is 10.1. The maximum Gasteiger partial charge on any atom is 0.416 e. The van der Waals surface area contributed by atoms with Gasteiger partial charge in [0.15, 0.2) is 5.78 Å². The summed E-state index contributed by atoms with van der Waals surface area (Å²) in [6.45, 7) is 0. The summed E-state index contributed by atoms with van der Waals surface area (Å²) < 4.78 is 39.0. The minimum absolute atomic E-state index is 0.0483. The van der Waals surface area contributed by atoms with Crippen LogP contribution in [0, 0.1) is 5.92 Å². The molecule has 2 N–H and O–H groups in total. The Balaban J connectivity index is 1.92. The first-order valence-electron chi connectivity index (χ1n) is 8.68. The quantitative estimate of drug-likeness (QED) is 0.750. The van der Waals surface area contributed by atoms with E-state index in [1.807, 2.05) is 0 Å². The second-order valence-electron chi connectivity index (χ2n) is 7.04. The molecule has 2 heterocycles. The number of alkyl halides is 3. The highest BCUT2D eigenvalue weighted by molar-refractivity contribution is 6.19. The van der Waals surface area contributed by atoms with Gasteiger partial charge in [-0.25, -0.2) is 0 Å². The Hall–Kier alpha value is -3.20. The van der Waals surface area contributed by atoms with E-state index >= 15 is 0 Å². The van der Waals surface area contributed by atoms with Gasteiger partial charge < -0.3 is 10.4 Å². The zero-order chi connectivity index (χ0) is 21.1. The van der Waals surface area contributed by atoms with Crippen molar-refractivity contribution in [2.75, 3.05) is 12.4 Å². The SMILES string of the molecule is CN1C(=O)C(O)C(C2(c3ccc(C(F)(F)F)cc3)Nc3ccccc3C2=O)C1=O. The van der Waals surface area contributed by atoms with Crippen molar-refractivity contribution in [2.24, 2.45) is 5.92 Å². The number of aliphatic hydroxyl groups excluding tert-OH is 1. The number of fused-ring (bicyclic) bond motifs is 1. The third kappa shape index (κ3) is 2.57. The van der Waals surface area contributed by atoms with E-state index in [-0.39, 0.29) is 11.1 Å². The van der Waals surface area contributed by atoms with Gasteiger partial charge in [-0.05, 0) is 29.8 Å². The van der Waals surface area contributed by atoms with Crippen LogP contribution in [0.2, 0.25) is 0 Å². The summed E-state index contributed by atoms with van der Waals surface area (Å²) in [5, 5.41) is 13.4. The number of anilines is 1. The van der Waals surface area contributed by atoms with Crippen molar-refractivity contribution in [1.29, 1.82) is 0 Å². The smallest absolute Gasteiger partial charge is 0.382 e. The monoisotopic (exact) mass is 404 g/mol. The molecule has 9 heteroatoms. The molecule has 3 unspecified atom stereocenters. The van der Waals surface area contributed by atoms with E-state index in [1.54, 1.807) is 18.2 Å². The van der Waals surface area contributed by atoms with Crippen molar-refractivity contribution < 1.29 is 32.7 Å². The van der Waals surface area contributed by atoms with Crippen LogP contribution in [0.15, 0.2) is 48.5 Å². The molecule has 0 aliphatic carbocycles. The number of likely N-dealkylation sites (tertiary alicyclic amines) is 1. The molecule has 2 aromatic carbocycles. The highest BCUT2D eigenvalue weighted by atomic mass is 19.4. The lowest BCUT2D eigenvalue weighted by Gasteiger charge is -2.35. The molecule has 4 rings (SSSR count). The van der Waals surface area contributed by atoms with Crippen LogP contribution >= 0.6 is 0 Å². The van der Waals surface area contributed by atoms with Crippen LogP contribution in [0.1, 0.15) is 21.5 Å². The third-order valence-corrected chi connectivity index (χ3v) is 5.49. The predicted octanol–water partition coefficient (Wildman–Crippen LogP) is 2.18. The number of benzene rings is 2. The Kier molecular flexibility index (Phi) is 4.06. The van der Waals surface area contributed by atoms with Gasteiger partial charge in [-0.2, -0.15) is 13.2 Å². The van der Waals surface area contributed by atoms with E-state index in [1.165, 1.54) is 13.1 Å². The first-order chi connectivity index (χ1) is 13.6. The van der Waals surface area contributed by atoms with Gasteiger partial charge in [0.25, 0.3) is 5.91 Å². The fourth-order valence-electron chi connectivity index (χ4n) is 4.01. The number of nitrogens with zero attached hydrogens (tertiary/aromatic N) is 1. The molecule has 2 aliphatic heterocycles. The number of halogens is 3. The van der Waals surface area contributed by atoms with Crippen LogP contribution in [0.5, 0.6) is 0 Å². The zero-order valence-corrected chi connectivity index (χ0v) is 15.0. The van der Waals surface area contributed by atoms with E-state index in [0.29, 0.717) is 5.69 Å². The Labute approximate surface area is 162 Å². The first-order valence-corrected chi connectivity index (χ1v) is 8.68. The van der Waals surface area contributed by atoms with Gasteiger partial charge >= 0.3 is 6.18 Å². The molecule has 0 radical (unpaired) electrons. The Morgan fingerprint density at radius 3 is 2.14 bits per heavy atom. The predicted molar refractivity (Wildman–Crippen MR) is 94.8 cm³/mol. The number of aliphatic hydroxyl groups is 1. The zero-order valence-electron chi connectivity index (χ0n) is 15.0. The summed E-state index contributed by atoms with van der Waals surface area (Å²) in [4.78, 5) is 39.1. The van der Waals surface area contributed by atoms with Crippen LogP contribution < -0.4 is 5.32 Å². The Morgan fingerprint density at radius 2 is 1.62 bits per heavy atom. The third-order valence-electron chi connectivity index (χ3n) is 5.49. The molecule has 2 aromatic rings. The van der Waals surface area contributed by atoms with Crippen molar-refractivity contribution >= 4 is 23.3 Å². The van der Waals surface area contributed by atoms with Crippen LogP contribution in [0.4, 0.5) is 18.9 Å². The van der Waals surface area contributed by atoms with Gasteiger partial charge in [-0.3, -0.25) is 19.3 Å². The van der Waals surface area contributed by atoms with Gasteiger partial charge in [0, 0.05) is 18.3 Å². The van der Waals surface area contributed by atoms with Crippen LogP contribution in [0.3, 0.4) is 0 Å². The molecule has 3 atom stereocenters. The minimum atomic E-state index is -4.58. The second kappa shape index (κ2) is 6.15. The van der Waals surface area contributed by atoms with Crippen molar-refractivity contribution in [3.05, 3.63) is 65.2 Å². The number of carbonyl (C=O) groups is 3. The number of nitrogens with one attached hydrogen (secondary N) is 1. The van der Waals surface area contributed by atoms with Crippen molar-refractivity contribution in [3.8, 4) is 0 Å². The van der Waals surface area contributed by atoms with E-state index < -0.39 is 46.9 Å².